The summed E-state index contributed by atoms with van der Waals surface area (Å²) in [5.41, 5.74) is 0.626. The van der Waals surface area contributed by atoms with E-state index in [0.717, 1.165) is 35.5 Å². The van der Waals surface area contributed by atoms with Crippen molar-refractivity contribution in [3.63, 3.8) is 0 Å². The maximum Gasteiger partial charge on any atom is -0.0297 e. The molecule has 0 nitrogen and oxygen atoms in total. The fourth-order valence-electron chi connectivity index (χ4n) is 7.30. The van der Waals surface area contributed by atoms with E-state index in [0.29, 0.717) is 5.41 Å². The quantitative estimate of drug-likeness (QED) is 0.548. The van der Waals surface area contributed by atoms with Crippen LogP contribution in [0.4, 0.5) is 0 Å². The smallest absolute Gasteiger partial charge is 0.0297 e. The monoisotopic (exact) mass is 288 g/mol. The molecule has 4 aliphatic carbocycles. The molecule has 4 fully saturated rings. The molecule has 0 spiro atoms. The van der Waals surface area contributed by atoms with Gasteiger partial charge in [-0.05, 0) is 79.4 Å². The van der Waals surface area contributed by atoms with Crippen LogP contribution >= 0.6 is 0 Å². The van der Waals surface area contributed by atoms with Gasteiger partial charge in [0, 0.05) is 0 Å². The molecule has 0 aromatic heterocycles. The molecule has 4 rings (SSSR count). The van der Waals surface area contributed by atoms with Gasteiger partial charge in [0.15, 0.2) is 0 Å². The highest BCUT2D eigenvalue weighted by atomic mass is 14.6. The standard InChI is InChI=1S/C21H36/c1-21(2,18-9-4-3-5-10-18)19-13-16-8-6-7-15-11-12-17(14-19)20(15)16/h15-20H,3-14H2,1-2H3. The summed E-state index contributed by atoms with van der Waals surface area (Å²) in [6.45, 7) is 5.31. The summed E-state index contributed by atoms with van der Waals surface area (Å²) in [5.74, 6) is 6.64. The van der Waals surface area contributed by atoms with Crippen molar-refractivity contribution in [2.24, 2.45) is 40.9 Å². The molecule has 0 aliphatic heterocycles. The van der Waals surface area contributed by atoms with Crippen LogP contribution in [0.5, 0.6) is 0 Å². The van der Waals surface area contributed by atoms with Crippen LogP contribution in [0.15, 0.2) is 0 Å². The van der Waals surface area contributed by atoms with Crippen LogP contribution in [0, 0.1) is 40.9 Å². The zero-order valence-corrected chi connectivity index (χ0v) is 14.4. The summed E-state index contributed by atoms with van der Waals surface area (Å²) in [7, 11) is 0. The van der Waals surface area contributed by atoms with Gasteiger partial charge in [-0.3, -0.25) is 0 Å². The highest BCUT2D eigenvalue weighted by Gasteiger charge is 2.50. The Labute approximate surface area is 132 Å². The Morgan fingerprint density at radius 3 is 1.95 bits per heavy atom. The minimum absolute atomic E-state index is 0.626. The Hall–Kier alpha value is 0. The fraction of sp³-hybridized carbons (Fsp3) is 1.00. The third-order valence-corrected chi connectivity index (χ3v) is 8.58. The zero-order valence-electron chi connectivity index (χ0n) is 14.4. The Morgan fingerprint density at radius 2 is 1.19 bits per heavy atom. The summed E-state index contributed by atoms with van der Waals surface area (Å²) in [5, 5.41) is 0. The minimum atomic E-state index is 0.626. The summed E-state index contributed by atoms with van der Waals surface area (Å²) in [6.07, 6.45) is 18.7. The molecule has 0 heteroatoms. The van der Waals surface area contributed by atoms with Gasteiger partial charge in [-0.1, -0.05) is 52.4 Å². The van der Waals surface area contributed by atoms with Gasteiger partial charge in [0.2, 0.25) is 0 Å². The molecule has 0 saturated heterocycles. The van der Waals surface area contributed by atoms with Gasteiger partial charge in [-0.25, -0.2) is 0 Å². The van der Waals surface area contributed by atoms with Gasteiger partial charge in [0.05, 0.1) is 0 Å². The van der Waals surface area contributed by atoms with E-state index in [4.69, 9.17) is 0 Å². The lowest BCUT2D eigenvalue weighted by atomic mass is 9.54. The summed E-state index contributed by atoms with van der Waals surface area (Å²) in [6, 6.07) is 0. The molecule has 0 aromatic rings. The SMILES string of the molecule is CC(C)(C1CCCCC1)C1CC2CCCC3CCC(C1)C32. The summed E-state index contributed by atoms with van der Waals surface area (Å²) in [4.78, 5) is 0. The topological polar surface area (TPSA) is 0 Å². The zero-order chi connectivity index (χ0) is 14.4. The first-order valence-electron chi connectivity index (χ1n) is 10.2. The maximum absolute atomic E-state index is 2.66. The van der Waals surface area contributed by atoms with E-state index in [-0.39, 0.29) is 0 Å². The van der Waals surface area contributed by atoms with Crippen LogP contribution in [0.2, 0.25) is 0 Å². The molecule has 120 valence electrons. The third-order valence-electron chi connectivity index (χ3n) is 8.58. The van der Waals surface area contributed by atoms with Gasteiger partial charge in [0.25, 0.3) is 0 Å². The Bertz CT molecular complexity index is 362. The molecular formula is C21H36. The summed E-state index contributed by atoms with van der Waals surface area (Å²) < 4.78 is 0. The average molecular weight is 289 g/mol. The normalized spacial score (nSPS) is 44.6. The van der Waals surface area contributed by atoms with Crippen molar-refractivity contribution in [2.75, 3.05) is 0 Å². The molecule has 0 amide bonds. The lowest BCUT2D eigenvalue weighted by Crippen LogP contribution is -2.43. The van der Waals surface area contributed by atoms with Gasteiger partial charge in [-0.15, -0.1) is 0 Å². The van der Waals surface area contributed by atoms with Gasteiger partial charge < -0.3 is 0 Å². The molecule has 0 radical (unpaired) electrons. The van der Waals surface area contributed by atoms with Crippen molar-refractivity contribution in [3.05, 3.63) is 0 Å². The molecule has 4 saturated carbocycles. The van der Waals surface area contributed by atoms with Crippen LogP contribution in [0.25, 0.3) is 0 Å². The van der Waals surface area contributed by atoms with E-state index in [2.05, 4.69) is 13.8 Å². The van der Waals surface area contributed by atoms with E-state index >= 15 is 0 Å². The maximum atomic E-state index is 2.66. The van der Waals surface area contributed by atoms with E-state index in [9.17, 15) is 0 Å². The van der Waals surface area contributed by atoms with Crippen LogP contribution in [-0.4, -0.2) is 0 Å². The van der Waals surface area contributed by atoms with E-state index in [1.54, 1.807) is 44.9 Å². The first-order valence-corrected chi connectivity index (χ1v) is 10.2. The molecule has 21 heavy (non-hydrogen) atoms. The second-order valence-electron chi connectivity index (χ2n) is 9.69. The van der Waals surface area contributed by atoms with E-state index in [1.165, 1.54) is 32.1 Å². The van der Waals surface area contributed by atoms with E-state index in [1.807, 2.05) is 0 Å². The van der Waals surface area contributed by atoms with Crippen LogP contribution in [0.1, 0.15) is 90.9 Å². The molecule has 0 heterocycles. The third kappa shape index (κ3) is 2.49. The minimum Gasteiger partial charge on any atom is -0.0594 e. The molecule has 0 N–H and O–H groups in total. The first kappa shape index (κ1) is 14.6. The predicted octanol–water partition coefficient (Wildman–Crippen LogP) is 6.45. The van der Waals surface area contributed by atoms with Crippen molar-refractivity contribution < 1.29 is 0 Å². The Kier molecular flexibility index (Phi) is 3.87. The lowest BCUT2D eigenvalue weighted by molar-refractivity contribution is -0.0170. The van der Waals surface area contributed by atoms with Crippen molar-refractivity contribution >= 4 is 0 Å². The molecular weight excluding hydrogens is 252 g/mol. The predicted molar refractivity (Wildman–Crippen MR) is 90.1 cm³/mol. The Balaban J connectivity index is 1.50. The molecule has 4 aliphatic rings. The Morgan fingerprint density at radius 1 is 0.571 bits per heavy atom. The highest BCUT2D eigenvalue weighted by Crippen LogP contribution is 2.60. The van der Waals surface area contributed by atoms with Crippen LogP contribution in [-0.2, 0) is 0 Å². The average Bonchev–Trinajstić information content (AvgIpc) is 2.93. The molecule has 0 bridgehead atoms. The number of hydrogen-bond donors (Lipinski definition) is 0. The largest absolute Gasteiger partial charge is 0.0594 e. The van der Waals surface area contributed by atoms with Gasteiger partial charge >= 0.3 is 0 Å². The van der Waals surface area contributed by atoms with Crippen molar-refractivity contribution in [1.82, 2.24) is 0 Å². The molecule has 5 unspecified atom stereocenters. The second-order valence-corrected chi connectivity index (χ2v) is 9.69. The lowest BCUT2D eigenvalue weighted by Gasteiger charge is -2.51. The van der Waals surface area contributed by atoms with Crippen LogP contribution < -0.4 is 0 Å². The number of hydrogen-bond acceptors (Lipinski definition) is 0. The summed E-state index contributed by atoms with van der Waals surface area (Å²) >= 11 is 0. The van der Waals surface area contributed by atoms with Crippen molar-refractivity contribution in [1.29, 1.82) is 0 Å². The second kappa shape index (κ2) is 5.57. The van der Waals surface area contributed by atoms with Crippen molar-refractivity contribution in [3.8, 4) is 0 Å². The van der Waals surface area contributed by atoms with Crippen molar-refractivity contribution in [2.45, 2.75) is 90.9 Å². The molecule has 0 aromatic carbocycles. The number of rotatable bonds is 2. The first-order chi connectivity index (χ1) is 10.2. The van der Waals surface area contributed by atoms with Crippen LogP contribution in [0.3, 0.4) is 0 Å². The fourth-order valence-corrected chi connectivity index (χ4v) is 7.30. The van der Waals surface area contributed by atoms with Gasteiger partial charge in [0.1, 0.15) is 0 Å². The highest BCUT2D eigenvalue weighted by molar-refractivity contribution is 5.00. The molecule has 5 atom stereocenters. The van der Waals surface area contributed by atoms with E-state index < -0.39 is 0 Å². The van der Waals surface area contributed by atoms with Gasteiger partial charge in [-0.2, -0.15) is 0 Å².